The van der Waals surface area contributed by atoms with Gasteiger partial charge in [-0.25, -0.2) is 4.39 Å². The van der Waals surface area contributed by atoms with E-state index < -0.39 is 0 Å². The Morgan fingerprint density at radius 2 is 1.79 bits per heavy atom. The normalized spacial score (nSPS) is 18.7. The van der Waals surface area contributed by atoms with Crippen LogP contribution in [-0.4, -0.2) is 24.0 Å². The summed E-state index contributed by atoms with van der Waals surface area (Å²) in [6, 6.07) is 13.9. The largest absolute Gasteiger partial charge is 0.371 e. The van der Waals surface area contributed by atoms with E-state index in [1.807, 2.05) is 29.2 Å². The Kier molecular flexibility index (Phi) is 5.45. The third kappa shape index (κ3) is 4.10. The van der Waals surface area contributed by atoms with Crippen LogP contribution in [0, 0.1) is 24.1 Å². The van der Waals surface area contributed by atoms with Crippen molar-refractivity contribution >= 4 is 5.91 Å². The minimum Gasteiger partial charge on any atom is -0.371 e. The SMILES string of the molecule is C#Cc1ccc([C@H](OCC2CC2)[C@@H](c2ccc(F)cc2)N2CCCC2=O)cc1. The molecule has 2 aromatic rings. The molecule has 4 rings (SSSR count). The molecule has 0 unspecified atom stereocenters. The summed E-state index contributed by atoms with van der Waals surface area (Å²) in [5.41, 5.74) is 2.67. The third-order valence-corrected chi connectivity index (χ3v) is 5.56. The van der Waals surface area contributed by atoms with Gasteiger partial charge in [-0.2, -0.15) is 0 Å². The lowest BCUT2D eigenvalue weighted by Gasteiger charge is -2.35. The number of hydrogen-bond donors (Lipinski definition) is 0. The maximum absolute atomic E-state index is 13.5. The van der Waals surface area contributed by atoms with E-state index in [1.54, 1.807) is 12.1 Å². The van der Waals surface area contributed by atoms with Crippen LogP contribution in [0.2, 0.25) is 0 Å². The lowest BCUT2D eigenvalue weighted by Crippen LogP contribution is -2.35. The highest BCUT2D eigenvalue weighted by Gasteiger charge is 2.37. The fourth-order valence-corrected chi connectivity index (χ4v) is 3.80. The Labute approximate surface area is 165 Å². The van der Waals surface area contributed by atoms with Crippen molar-refractivity contribution in [1.82, 2.24) is 4.90 Å². The van der Waals surface area contributed by atoms with Gasteiger partial charge in [-0.3, -0.25) is 4.79 Å². The Hall–Kier alpha value is -2.64. The third-order valence-electron chi connectivity index (χ3n) is 5.56. The molecule has 2 atom stereocenters. The molecule has 1 aliphatic heterocycles. The highest BCUT2D eigenvalue weighted by molar-refractivity contribution is 5.78. The van der Waals surface area contributed by atoms with Crippen LogP contribution in [0.25, 0.3) is 0 Å². The molecule has 3 nitrogen and oxygen atoms in total. The fourth-order valence-electron chi connectivity index (χ4n) is 3.80. The number of hydrogen-bond acceptors (Lipinski definition) is 2. The van der Waals surface area contributed by atoms with E-state index in [4.69, 9.17) is 11.2 Å². The minimum absolute atomic E-state index is 0.120. The molecule has 144 valence electrons. The molecule has 28 heavy (non-hydrogen) atoms. The van der Waals surface area contributed by atoms with E-state index in [9.17, 15) is 9.18 Å². The Morgan fingerprint density at radius 3 is 2.36 bits per heavy atom. The summed E-state index contributed by atoms with van der Waals surface area (Å²) in [6.07, 6.45) is 8.93. The van der Waals surface area contributed by atoms with Gasteiger partial charge < -0.3 is 9.64 Å². The second-order valence-electron chi connectivity index (χ2n) is 7.65. The molecule has 0 bridgehead atoms. The lowest BCUT2D eigenvalue weighted by molar-refractivity contribution is -0.133. The molecule has 1 saturated heterocycles. The summed E-state index contributed by atoms with van der Waals surface area (Å²) in [5.74, 6) is 3.06. The van der Waals surface area contributed by atoms with E-state index in [2.05, 4.69) is 5.92 Å². The monoisotopic (exact) mass is 377 g/mol. The molecule has 4 heteroatoms. The zero-order chi connectivity index (χ0) is 19.5. The molecule has 0 radical (unpaired) electrons. The number of halogens is 1. The van der Waals surface area contributed by atoms with Crippen LogP contribution in [0.1, 0.15) is 54.5 Å². The van der Waals surface area contributed by atoms with Gasteiger partial charge in [0, 0.05) is 18.5 Å². The molecule has 2 aliphatic rings. The first kappa shape index (κ1) is 18.7. The zero-order valence-corrected chi connectivity index (χ0v) is 15.8. The predicted octanol–water partition coefficient (Wildman–Crippen LogP) is 4.64. The Morgan fingerprint density at radius 1 is 1.11 bits per heavy atom. The maximum Gasteiger partial charge on any atom is 0.223 e. The van der Waals surface area contributed by atoms with Crippen LogP contribution in [-0.2, 0) is 9.53 Å². The van der Waals surface area contributed by atoms with Gasteiger partial charge in [0.2, 0.25) is 5.91 Å². The van der Waals surface area contributed by atoms with Crippen LogP contribution >= 0.6 is 0 Å². The Bertz CT molecular complexity index is 865. The first-order valence-electron chi connectivity index (χ1n) is 9.89. The molecule has 1 heterocycles. The quantitative estimate of drug-likeness (QED) is 0.658. The smallest absolute Gasteiger partial charge is 0.223 e. The van der Waals surface area contributed by atoms with Crippen LogP contribution < -0.4 is 0 Å². The zero-order valence-electron chi connectivity index (χ0n) is 15.8. The van der Waals surface area contributed by atoms with Crippen molar-refractivity contribution in [2.75, 3.05) is 13.2 Å². The number of amides is 1. The molecule has 0 aromatic heterocycles. The molecule has 1 amide bonds. The van der Waals surface area contributed by atoms with Gasteiger partial charge in [-0.05, 0) is 60.6 Å². The number of carbonyl (C=O) groups excluding carboxylic acids is 1. The lowest BCUT2D eigenvalue weighted by atomic mass is 9.93. The van der Waals surface area contributed by atoms with E-state index >= 15 is 0 Å². The van der Waals surface area contributed by atoms with Crippen molar-refractivity contribution in [3.8, 4) is 12.3 Å². The summed E-state index contributed by atoms with van der Waals surface area (Å²) in [4.78, 5) is 14.5. The number of nitrogens with zero attached hydrogens (tertiary/aromatic N) is 1. The highest BCUT2D eigenvalue weighted by Crippen LogP contribution is 2.41. The van der Waals surface area contributed by atoms with Gasteiger partial charge in [-0.15, -0.1) is 6.42 Å². The summed E-state index contributed by atoms with van der Waals surface area (Å²) in [6.45, 7) is 1.36. The average Bonchev–Trinajstić information content (AvgIpc) is 3.46. The number of ether oxygens (including phenoxy) is 1. The minimum atomic E-state index is -0.320. The van der Waals surface area contributed by atoms with Crippen molar-refractivity contribution in [3.63, 3.8) is 0 Å². The van der Waals surface area contributed by atoms with Gasteiger partial charge in [0.1, 0.15) is 11.9 Å². The predicted molar refractivity (Wildman–Crippen MR) is 106 cm³/mol. The van der Waals surface area contributed by atoms with Crippen LogP contribution in [0.3, 0.4) is 0 Å². The first-order chi connectivity index (χ1) is 13.7. The summed E-state index contributed by atoms with van der Waals surface area (Å²) in [5, 5.41) is 0. The van der Waals surface area contributed by atoms with Gasteiger partial charge in [-0.1, -0.05) is 30.2 Å². The van der Waals surface area contributed by atoms with Crippen molar-refractivity contribution in [2.24, 2.45) is 5.92 Å². The van der Waals surface area contributed by atoms with Crippen LogP contribution in [0.15, 0.2) is 48.5 Å². The van der Waals surface area contributed by atoms with Crippen molar-refractivity contribution in [1.29, 1.82) is 0 Å². The maximum atomic E-state index is 13.5. The molecule has 1 saturated carbocycles. The van der Waals surface area contributed by atoms with Crippen molar-refractivity contribution < 1.29 is 13.9 Å². The molecular weight excluding hydrogens is 353 g/mol. The number of terminal acetylenes is 1. The first-order valence-corrected chi connectivity index (χ1v) is 9.89. The Balaban J connectivity index is 1.73. The number of carbonyl (C=O) groups is 1. The van der Waals surface area contributed by atoms with Crippen LogP contribution in [0.5, 0.6) is 0 Å². The molecule has 2 aromatic carbocycles. The molecule has 1 aliphatic carbocycles. The number of benzene rings is 2. The van der Waals surface area contributed by atoms with Crippen LogP contribution in [0.4, 0.5) is 4.39 Å². The topological polar surface area (TPSA) is 29.5 Å². The molecule has 2 fully saturated rings. The summed E-state index contributed by atoms with van der Waals surface area (Å²) < 4.78 is 19.9. The number of rotatable bonds is 7. The van der Waals surface area contributed by atoms with Gasteiger partial charge in [0.05, 0.1) is 12.6 Å². The van der Waals surface area contributed by atoms with Gasteiger partial charge >= 0.3 is 0 Å². The van der Waals surface area contributed by atoms with E-state index in [-0.39, 0.29) is 23.9 Å². The van der Waals surface area contributed by atoms with E-state index in [0.29, 0.717) is 25.5 Å². The molecule has 0 N–H and O–H groups in total. The van der Waals surface area contributed by atoms with E-state index in [0.717, 1.165) is 23.1 Å². The van der Waals surface area contributed by atoms with Crippen molar-refractivity contribution in [2.45, 2.75) is 37.8 Å². The van der Waals surface area contributed by atoms with Crippen molar-refractivity contribution in [3.05, 3.63) is 71.0 Å². The summed E-state index contributed by atoms with van der Waals surface area (Å²) >= 11 is 0. The average molecular weight is 377 g/mol. The van der Waals surface area contributed by atoms with E-state index in [1.165, 1.54) is 25.0 Å². The second-order valence-corrected chi connectivity index (χ2v) is 7.65. The molecular formula is C24H24FNO2. The fraction of sp³-hybridized carbons (Fsp3) is 0.375. The second kappa shape index (κ2) is 8.16. The van der Waals surface area contributed by atoms with Gasteiger partial charge in [0.25, 0.3) is 0 Å². The highest BCUT2D eigenvalue weighted by atomic mass is 19.1. The van der Waals surface area contributed by atoms with Gasteiger partial charge in [0.15, 0.2) is 0 Å². The number of likely N-dealkylation sites (tertiary alicyclic amines) is 1. The summed E-state index contributed by atoms with van der Waals surface area (Å²) in [7, 11) is 0. The molecule has 0 spiro atoms. The standard InChI is InChI=1S/C24H24FNO2/c1-2-17-7-9-20(10-8-17)24(28-16-18-5-6-18)23(26-15-3-4-22(26)27)19-11-13-21(25)14-12-19/h1,7-14,18,23-24H,3-6,15-16H2/t23-,24+/m1/s1.